The van der Waals surface area contributed by atoms with Gasteiger partial charge >= 0.3 is 0 Å². The second-order valence-corrected chi connectivity index (χ2v) is 5.46. The summed E-state index contributed by atoms with van der Waals surface area (Å²) in [6.45, 7) is 1.83. The third-order valence-corrected chi connectivity index (χ3v) is 3.72. The molecule has 0 saturated carbocycles. The maximum atomic E-state index is 12.4. The van der Waals surface area contributed by atoms with E-state index in [1.165, 1.54) is 0 Å². The fraction of sp³-hybridized carbons (Fsp3) is 0.105. The Morgan fingerprint density at radius 2 is 1.83 bits per heavy atom. The summed E-state index contributed by atoms with van der Waals surface area (Å²) in [5.74, 6) is 0.388. The van der Waals surface area contributed by atoms with Crippen molar-refractivity contribution in [3.63, 3.8) is 0 Å². The Hall–Kier alpha value is -3.39. The Labute approximate surface area is 139 Å². The quantitative estimate of drug-likeness (QED) is 0.774. The van der Waals surface area contributed by atoms with Crippen molar-refractivity contribution >= 4 is 11.6 Å². The van der Waals surface area contributed by atoms with Crippen molar-refractivity contribution in [2.75, 3.05) is 5.32 Å². The van der Waals surface area contributed by atoms with Crippen molar-refractivity contribution in [3.05, 3.63) is 87.3 Å². The van der Waals surface area contributed by atoms with Crippen molar-refractivity contribution in [2.45, 2.75) is 13.3 Å². The molecule has 5 heteroatoms. The molecule has 0 amide bonds. The molecule has 0 bridgehead atoms. The van der Waals surface area contributed by atoms with Crippen LogP contribution in [0.15, 0.2) is 59.4 Å². The van der Waals surface area contributed by atoms with E-state index in [1.54, 1.807) is 24.3 Å². The van der Waals surface area contributed by atoms with E-state index in [0.717, 1.165) is 11.3 Å². The van der Waals surface area contributed by atoms with E-state index in [0.29, 0.717) is 29.2 Å². The average Bonchev–Trinajstić information content (AvgIpc) is 2.60. The number of nitrogens with one attached hydrogen (secondary N) is 2. The molecule has 3 rings (SSSR count). The number of aromatic amines is 1. The number of hydrogen-bond donors (Lipinski definition) is 2. The highest BCUT2D eigenvalue weighted by Gasteiger charge is 2.09. The zero-order chi connectivity index (χ0) is 16.9. The molecule has 2 N–H and O–H groups in total. The Bertz CT molecular complexity index is 938. The predicted molar refractivity (Wildman–Crippen MR) is 93.3 cm³/mol. The summed E-state index contributed by atoms with van der Waals surface area (Å²) >= 11 is 0. The highest BCUT2D eigenvalue weighted by Crippen LogP contribution is 2.15. The number of nitriles is 1. The Kier molecular flexibility index (Phi) is 4.39. The van der Waals surface area contributed by atoms with Crippen molar-refractivity contribution in [3.8, 4) is 6.07 Å². The minimum Gasteiger partial charge on any atom is -0.326 e. The van der Waals surface area contributed by atoms with Crippen LogP contribution in [0.5, 0.6) is 0 Å². The Balaban J connectivity index is 1.84. The molecule has 2 aromatic carbocycles. The largest absolute Gasteiger partial charge is 0.326 e. The Morgan fingerprint density at radius 3 is 2.46 bits per heavy atom. The highest BCUT2D eigenvalue weighted by molar-refractivity contribution is 5.55. The van der Waals surface area contributed by atoms with Crippen LogP contribution in [0, 0.1) is 18.3 Å². The molecule has 0 atom stereocenters. The summed E-state index contributed by atoms with van der Waals surface area (Å²) < 4.78 is 0. The molecular weight excluding hydrogens is 300 g/mol. The molecule has 0 radical (unpaired) electrons. The summed E-state index contributed by atoms with van der Waals surface area (Å²) in [7, 11) is 0. The first-order valence-corrected chi connectivity index (χ1v) is 7.56. The first kappa shape index (κ1) is 15.5. The SMILES string of the molecule is Cc1nc(Nc2ccc(C#N)cc2)[nH]c(=O)c1Cc1ccccc1. The molecule has 0 aliphatic carbocycles. The standard InChI is InChI=1S/C19H16N4O/c1-13-17(11-14-5-3-2-4-6-14)18(24)23-19(21-13)22-16-9-7-15(12-20)8-10-16/h2-10H,11H2,1H3,(H2,21,22,23,24). The lowest BCUT2D eigenvalue weighted by molar-refractivity contribution is 0.986. The maximum Gasteiger partial charge on any atom is 0.256 e. The van der Waals surface area contributed by atoms with Crippen LogP contribution in [-0.4, -0.2) is 9.97 Å². The van der Waals surface area contributed by atoms with Crippen molar-refractivity contribution in [1.82, 2.24) is 9.97 Å². The molecule has 0 spiro atoms. The molecule has 3 aromatic rings. The molecule has 5 nitrogen and oxygen atoms in total. The van der Waals surface area contributed by atoms with Gasteiger partial charge in [0.05, 0.1) is 17.3 Å². The molecule has 0 fully saturated rings. The van der Waals surface area contributed by atoms with Gasteiger partial charge in [0.15, 0.2) is 0 Å². The Morgan fingerprint density at radius 1 is 1.12 bits per heavy atom. The van der Waals surface area contributed by atoms with Gasteiger partial charge in [-0.25, -0.2) is 4.98 Å². The van der Waals surface area contributed by atoms with Crippen LogP contribution in [0.1, 0.15) is 22.4 Å². The van der Waals surface area contributed by atoms with Crippen molar-refractivity contribution in [1.29, 1.82) is 5.26 Å². The number of rotatable bonds is 4. The van der Waals surface area contributed by atoms with Gasteiger partial charge in [0.2, 0.25) is 5.95 Å². The van der Waals surface area contributed by atoms with Gasteiger partial charge in [0.1, 0.15) is 0 Å². The first-order valence-electron chi connectivity index (χ1n) is 7.56. The lowest BCUT2D eigenvalue weighted by Crippen LogP contribution is -2.18. The fourth-order valence-corrected chi connectivity index (χ4v) is 2.44. The van der Waals surface area contributed by atoms with Crippen LogP contribution in [0.2, 0.25) is 0 Å². The molecular formula is C19H16N4O. The second kappa shape index (κ2) is 6.80. The normalized spacial score (nSPS) is 10.2. The van der Waals surface area contributed by atoms with Crippen LogP contribution in [0.4, 0.5) is 11.6 Å². The molecule has 0 unspecified atom stereocenters. The summed E-state index contributed by atoms with van der Waals surface area (Å²) in [4.78, 5) is 19.6. The summed E-state index contributed by atoms with van der Waals surface area (Å²) in [5.41, 5.74) is 3.61. The van der Waals surface area contributed by atoms with Crippen molar-refractivity contribution < 1.29 is 0 Å². The summed E-state index contributed by atoms with van der Waals surface area (Å²) in [6, 6.07) is 18.8. The van der Waals surface area contributed by atoms with Crippen LogP contribution in [0.25, 0.3) is 0 Å². The zero-order valence-corrected chi connectivity index (χ0v) is 13.2. The van der Waals surface area contributed by atoms with Crippen LogP contribution >= 0.6 is 0 Å². The van der Waals surface area contributed by atoms with Crippen molar-refractivity contribution in [2.24, 2.45) is 0 Å². The van der Waals surface area contributed by atoms with Gasteiger partial charge in [-0.2, -0.15) is 5.26 Å². The third-order valence-electron chi connectivity index (χ3n) is 3.72. The van der Waals surface area contributed by atoms with E-state index in [2.05, 4.69) is 21.4 Å². The van der Waals surface area contributed by atoms with Gasteiger partial charge in [-0.05, 0) is 36.8 Å². The monoisotopic (exact) mass is 316 g/mol. The molecule has 118 valence electrons. The number of nitrogens with zero attached hydrogens (tertiary/aromatic N) is 2. The highest BCUT2D eigenvalue weighted by atomic mass is 16.1. The zero-order valence-electron chi connectivity index (χ0n) is 13.2. The van der Waals surface area contributed by atoms with Gasteiger partial charge in [-0.3, -0.25) is 9.78 Å². The molecule has 0 aliphatic heterocycles. The fourth-order valence-electron chi connectivity index (χ4n) is 2.44. The minimum absolute atomic E-state index is 0.150. The van der Waals surface area contributed by atoms with Gasteiger partial charge in [-0.1, -0.05) is 30.3 Å². The summed E-state index contributed by atoms with van der Waals surface area (Å²) in [5, 5.41) is 11.9. The molecule has 0 aliphatic rings. The number of benzene rings is 2. The second-order valence-electron chi connectivity index (χ2n) is 5.46. The predicted octanol–water partition coefficient (Wildman–Crippen LogP) is 3.28. The van der Waals surface area contributed by atoms with Crippen LogP contribution in [0.3, 0.4) is 0 Å². The number of aryl methyl sites for hydroxylation is 1. The van der Waals surface area contributed by atoms with E-state index >= 15 is 0 Å². The summed E-state index contributed by atoms with van der Waals surface area (Å²) in [6.07, 6.45) is 0.548. The van der Waals surface area contributed by atoms with Gasteiger partial charge in [0, 0.05) is 17.7 Å². The number of hydrogen-bond acceptors (Lipinski definition) is 4. The first-order chi connectivity index (χ1) is 11.7. The van der Waals surface area contributed by atoms with Gasteiger partial charge in [0.25, 0.3) is 5.56 Å². The number of aromatic nitrogens is 2. The lowest BCUT2D eigenvalue weighted by atomic mass is 10.1. The van der Waals surface area contributed by atoms with E-state index < -0.39 is 0 Å². The van der Waals surface area contributed by atoms with E-state index in [9.17, 15) is 4.79 Å². The topological polar surface area (TPSA) is 81.6 Å². The minimum atomic E-state index is -0.150. The van der Waals surface area contributed by atoms with Gasteiger partial charge < -0.3 is 5.32 Å². The molecule has 24 heavy (non-hydrogen) atoms. The maximum absolute atomic E-state index is 12.4. The van der Waals surface area contributed by atoms with Crippen LogP contribution in [-0.2, 0) is 6.42 Å². The third kappa shape index (κ3) is 3.50. The van der Waals surface area contributed by atoms with E-state index in [1.807, 2.05) is 37.3 Å². The molecule has 0 saturated heterocycles. The average molecular weight is 316 g/mol. The van der Waals surface area contributed by atoms with Crippen LogP contribution < -0.4 is 10.9 Å². The number of anilines is 2. The smallest absolute Gasteiger partial charge is 0.256 e. The molecule has 1 aromatic heterocycles. The van der Waals surface area contributed by atoms with E-state index in [4.69, 9.17) is 5.26 Å². The number of H-pyrrole nitrogens is 1. The lowest BCUT2D eigenvalue weighted by Gasteiger charge is -2.09. The van der Waals surface area contributed by atoms with E-state index in [-0.39, 0.29) is 5.56 Å². The van der Waals surface area contributed by atoms with Gasteiger partial charge in [-0.15, -0.1) is 0 Å². The molecule has 1 heterocycles.